The molecule has 1 N–H and O–H groups in total. The van der Waals surface area contributed by atoms with Gasteiger partial charge in [0.2, 0.25) is 5.91 Å². The summed E-state index contributed by atoms with van der Waals surface area (Å²) >= 11 is 7.49. The first-order valence-corrected chi connectivity index (χ1v) is 8.31. The van der Waals surface area contributed by atoms with Crippen LogP contribution in [-0.2, 0) is 11.2 Å². The minimum absolute atomic E-state index is 0.0423. The zero-order valence-corrected chi connectivity index (χ0v) is 13.5. The maximum atomic E-state index is 11.9. The molecule has 0 atom stereocenters. The number of nitrogens with one attached hydrogen (secondary N) is 1. The van der Waals surface area contributed by atoms with E-state index in [1.165, 1.54) is 5.56 Å². The Kier molecular flexibility index (Phi) is 6.15. The van der Waals surface area contributed by atoms with Crippen molar-refractivity contribution in [1.82, 2.24) is 0 Å². The van der Waals surface area contributed by atoms with Gasteiger partial charge in [-0.25, -0.2) is 0 Å². The molecule has 0 radical (unpaired) electrons. The number of amides is 1. The van der Waals surface area contributed by atoms with Crippen molar-refractivity contribution >= 4 is 35.0 Å². The SMILES string of the molecule is CCc1ccc(NC(=O)CCSc2ccc(Cl)cc2)cc1. The van der Waals surface area contributed by atoms with E-state index in [0.29, 0.717) is 6.42 Å². The van der Waals surface area contributed by atoms with Crippen LogP contribution in [0.3, 0.4) is 0 Å². The number of hydrogen-bond acceptors (Lipinski definition) is 2. The first-order valence-electron chi connectivity index (χ1n) is 6.94. The molecule has 0 unspecified atom stereocenters. The van der Waals surface area contributed by atoms with Crippen LogP contribution < -0.4 is 5.32 Å². The molecule has 0 aliphatic carbocycles. The third-order valence-electron chi connectivity index (χ3n) is 3.06. The first-order chi connectivity index (χ1) is 10.2. The van der Waals surface area contributed by atoms with Crippen molar-refractivity contribution in [2.45, 2.75) is 24.7 Å². The highest BCUT2D eigenvalue weighted by Gasteiger charge is 2.03. The zero-order chi connectivity index (χ0) is 15.1. The van der Waals surface area contributed by atoms with Crippen LogP contribution in [0.15, 0.2) is 53.4 Å². The molecular weight excluding hydrogens is 302 g/mol. The molecule has 1 amide bonds. The molecule has 0 saturated heterocycles. The fourth-order valence-electron chi connectivity index (χ4n) is 1.84. The third-order valence-corrected chi connectivity index (χ3v) is 4.32. The minimum Gasteiger partial charge on any atom is -0.326 e. The molecule has 2 rings (SSSR count). The number of anilines is 1. The van der Waals surface area contributed by atoms with Gasteiger partial charge in [-0.15, -0.1) is 11.8 Å². The normalized spacial score (nSPS) is 10.4. The van der Waals surface area contributed by atoms with Gasteiger partial charge >= 0.3 is 0 Å². The smallest absolute Gasteiger partial charge is 0.225 e. The Bertz CT molecular complexity index is 581. The van der Waals surface area contributed by atoms with E-state index in [4.69, 9.17) is 11.6 Å². The predicted octanol–water partition coefficient (Wildman–Crippen LogP) is 5.02. The number of thioether (sulfide) groups is 1. The quantitative estimate of drug-likeness (QED) is 0.757. The highest BCUT2D eigenvalue weighted by atomic mass is 35.5. The number of rotatable bonds is 6. The Morgan fingerprint density at radius 1 is 1.10 bits per heavy atom. The van der Waals surface area contributed by atoms with Crippen LogP contribution in [0.1, 0.15) is 18.9 Å². The van der Waals surface area contributed by atoms with Gasteiger partial charge in [-0.2, -0.15) is 0 Å². The molecule has 4 heteroatoms. The molecule has 0 aromatic heterocycles. The molecule has 2 aromatic carbocycles. The molecule has 0 heterocycles. The second-order valence-electron chi connectivity index (χ2n) is 4.65. The first kappa shape index (κ1) is 15.9. The molecule has 0 fully saturated rings. The number of carbonyl (C=O) groups is 1. The van der Waals surface area contributed by atoms with Crippen molar-refractivity contribution in [3.05, 3.63) is 59.1 Å². The monoisotopic (exact) mass is 319 g/mol. The molecule has 2 aromatic rings. The average Bonchev–Trinajstić information content (AvgIpc) is 2.50. The van der Waals surface area contributed by atoms with Crippen molar-refractivity contribution in [1.29, 1.82) is 0 Å². The summed E-state index contributed by atoms with van der Waals surface area (Å²) in [5.74, 6) is 0.793. The van der Waals surface area contributed by atoms with Gasteiger partial charge in [-0.3, -0.25) is 4.79 Å². The molecule has 0 aliphatic rings. The van der Waals surface area contributed by atoms with Crippen LogP contribution >= 0.6 is 23.4 Å². The topological polar surface area (TPSA) is 29.1 Å². The lowest BCUT2D eigenvalue weighted by Gasteiger charge is -2.06. The summed E-state index contributed by atoms with van der Waals surface area (Å²) in [6, 6.07) is 15.6. The highest BCUT2D eigenvalue weighted by Crippen LogP contribution is 2.21. The second kappa shape index (κ2) is 8.11. The fourth-order valence-corrected chi connectivity index (χ4v) is 2.82. The van der Waals surface area contributed by atoms with Crippen LogP contribution in [-0.4, -0.2) is 11.7 Å². The summed E-state index contributed by atoms with van der Waals surface area (Å²) in [5, 5.41) is 3.64. The van der Waals surface area contributed by atoms with Gasteiger partial charge in [0.1, 0.15) is 0 Å². The molecular formula is C17H18ClNOS. The van der Waals surface area contributed by atoms with Crippen molar-refractivity contribution in [3.8, 4) is 0 Å². The van der Waals surface area contributed by atoms with Crippen LogP contribution in [0.2, 0.25) is 5.02 Å². The Hall–Kier alpha value is -1.45. The van der Waals surface area contributed by atoms with Gasteiger partial charge in [0.25, 0.3) is 0 Å². The number of carbonyl (C=O) groups excluding carboxylic acids is 1. The third kappa shape index (κ3) is 5.44. The van der Waals surface area contributed by atoms with Crippen LogP contribution in [0.5, 0.6) is 0 Å². The van der Waals surface area contributed by atoms with E-state index in [0.717, 1.165) is 27.8 Å². The van der Waals surface area contributed by atoms with E-state index in [2.05, 4.69) is 12.2 Å². The van der Waals surface area contributed by atoms with Gasteiger partial charge in [-0.05, 0) is 48.4 Å². The predicted molar refractivity (Wildman–Crippen MR) is 91.2 cm³/mol. The molecule has 0 saturated carbocycles. The molecule has 0 aliphatic heterocycles. The van der Waals surface area contributed by atoms with Crippen LogP contribution in [0, 0.1) is 0 Å². The van der Waals surface area contributed by atoms with E-state index >= 15 is 0 Å². The van der Waals surface area contributed by atoms with Gasteiger partial charge in [0.15, 0.2) is 0 Å². The maximum absolute atomic E-state index is 11.9. The Morgan fingerprint density at radius 3 is 2.38 bits per heavy atom. The second-order valence-corrected chi connectivity index (χ2v) is 6.26. The largest absolute Gasteiger partial charge is 0.326 e. The number of benzene rings is 2. The molecule has 110 valence electrons. The fraction of sp³-hybridized carbons (Fsp3) is 0.235. The molecule has 0 bridgehead atoms. The summed E-state index contributed by atoms with van der Waals surface area (Å²) < 4.78 is 0. The van der Waals surface area contributed by atoms with Crippen LogP contribution in [0.25, 0.3) is 0 Å². The van der Waals surface area contributed by atoms with E-state index in [1.807, 2.05) is 48.5 Å². The van der Waals surface area contributed by atoms with E-state index < -0.39 is 0 Å². The summed E-state index contributed by atoms with van der Waals surface area (Å²) in [4.78, 5) is 13.0. The van der Waals surface area contributed by atoms with Crippen molar-refractivity contribution in [3.63, 3.8) is 0 Å². The summed E-state index contributed by atoms with van der Waals surface area (Å²) in [5.41, 5.74) is 2.12. The summed E-state index contributed by atoms with van der Waals surface area (Å²) in [6.07, 6.45) is 1.49. The Morgan fingerprint density at radius 2 is 1.76 bits per heavy atom. The average molecular weight is 320 g/mol. The van der Waals surface area contributed by atoms with E-state index in [1.54, 1.807) is 11.8 Å². The van der Waals surface area contributed by atoms with Crippen molar-refractivity contribution in [2.75, 3.05) is 11.1 Å². The number of aryl methyl sites for hydroxylation is 1. The van der Waals surface area contributed by atoms with Crippen molar-refractivity contribution in [2.24, 2.45) is 0 Å². The zero-order valence-electron chi connectivity index (χ0n) is 11.9. The van der Waals surface area contributed by atoms with E-state index in [9.17, 15) is 4.79 Å². The standard InChI is InChI=1S/C17H18ClNOS/c1-2-13-3-7-15(8-4-13)19-17(20)11-12-21-16-9-5-14(18)6-10-16/h3-10H,2,11-12H2,1H3,(H,19,20). The van der Waals surface area contributed by atoms with Gasteiger partial charge in [0, 0.05) is 27.8 Å². The number of halogens is 1. The lowest BCUT2D eigenvalue weighted by atomic mass is 10.1. The minimum atomic E-state index is 0.0423. The summed E-state index contributed by atoms with van der Waals surface area (Å²) in [7, 11) is 0. The molecule has 2 nitrogen and oxygen atoms in total. The van der Waals surface area contributed by atoms with Crippen LogP contribution in [0.4, 0.5) is 5.69 Å². The molecule has 0 spiro atoms. The number of hydrogen-bond donors (Lipinski definition) is 1. The Labute approximate surface area is 134 Å². The lowest BCUT2D eigenvalue weighted by Crippen LogP contribution is -2.12. The maximum Gasteiger partial charge on any atom is 0.225 e. The highest BCUT2D eigenvalue weighted by molar-refractivity contribution is 7.99. The lowest BCUT2D eigenvalue weighted by molar-refractivity contribution is -0.115. The summed E-state index contributed by atoms with van der Waals surface area (Å²) in [6.45, 7) is 2.11. The van der Waals surface area contributed by atoms with Gasteiger partial charge < -0.3 is 5.32 Å². The van der Waals surface area contributed by atoms with Gasteiger partial charge in [0.05, 0.1) is 0 Å². The van der Waals surface area contributed by atoms with Crippen molar-refractivity contribution < 1.29 is 4.79 Å². The van der Waals surface area contributed by atoms with Gasteiger partial charge in [-0.1, -0.05) is 30.7 Å². The molecule has 21 heavy (non-hydrogen) atoms. The Balaban J connectivity index is 1.75. The van der Waals surface area contributed by atoms with E-state index in [-0.39, 0.29) is 5.91 Å².